The number of aryl methyl sites for hydroxylation is 1. The number of likely N-dealkylation sites (N-methyl/N-ethyl adjacent to an activating group) is 1. The fourth-order valence-electron chi connectivity index (χ4n) is 2.32. The Kier molecular flexibility index (Phi) is 7.70. The minimum absolute atomic E-state index is 0.0592. The van der Waals surface area contributed by atoms with E-state index in [1.165, 1.54) is 4.90 Å². The molecule has 2 atom stereocenters. The quantitative estimate of drug-likeness (QED) is 0.611. The maximum atomic E-state index is 11.8. The molecule has 0 saturated carbocycles. The molecular weight excluding hydrogens is 316 g/mol. The zero-order valence-electron chi connectivity index (χ0n) is 13.7. The summed E-state index contributed by atoms with van der Waals surface area (Å²) in [6, 6.07) is 7.70. The Labute approximate surface area is 140 Å². The van der Waals surface area contributed by atoms with Crippen LogP contribution in [0.1, 0.15) is 18.9 Å². The van der Waals surface area contributed by atoms with Crippen molar-refractivity contribution in [1.82, 2.24) is 0 Å². The lowest BCUT2D eigenvalue weighted by atomic mass is 10.2. The van der Waals surface area contributed by atoms with Gasteiger partial charge in [0.05, 0.1) is 13.1 Å². The lowest BCUT2D eigenvalue weighted by Crippen LogP contribution is -3.10. The van der Waals surface area contributed by atoms with Gasteiger partial charge < -0.3 is 24.6 Å². The van der Waals surface area contributed by atoms with E-state index in [1.54, 1.807) is 0 Å². The van der Waals surface area contributed by atoms with E-state index in [2.05, 4.69) is 12.2 Å². The summed E-state index contributed by atoms with van der Waals surface area (Å²) in [4.78, 5) is 31.3. The molecular formula is C16H22N2O6. The third kappa shape index (κ3) is 6.66. The molecule has 0 radical (unpaired) electrons. The Bertz CT molecular complexity index is 578. The lowest BCUT2D eigenvalue weighted by Gasteiger charge is -2.13. The van der Waals surface area contributed by atoms with Crippen LogP contribution in [0.25, 0.3) is 0 Å². The van der Waals surface area contributed by atoms with E-state index in [-0.39, 0.29) is 12.2 Å². The van der Waals surface area contributed by atoms with Gasteiger partial charge in [0.1, 0.15) is 6.54 Å². The topological polar surface area (TPSA) is 120 Å². The van der Waals surface area contributed by atoms with E-state index >= 15 is 0 Å². The summed E-state index contributed by atoms with van der Waals surface area (Å²) in [6.45, 7) is 7.25. The van der Waals surface area contributed by atoms with E-state index in [0.29, 0.717) is 0 Å². The maximum Gasteiger partial charge on any atom is 0.412 e. The first-order valence-corrected chi connectivity index (χ1v) is 7.64. The third-order valence-corrected chi connectivity index (χ3v) is 3.67. The number of para-hydroxylation sites is 1. The summed E-state index contributed by atoms with van der Waals surface area (Å²) in [5, 5.41) is 19.1. The second kappa shape index (κ2) is 9.51. The van der Waals surface area contributed by atoms with Crippen LogP contribution in [-0.4, -0.2) is 48.9 Å². The largest absolute Gasteiger partial charge is 0.539 e. The summed E-state index contributed by atoms with van der Waals surface area (Å²) in [5.74, 6) is -4.01. The van der Waals surface area contributed by atoms with Gasteiger partial charge in [-0.15, -0.1) is 0 Å². The van der Waals surface area contributed by atoms with Crippen LogP contribution in [0.4, 0.5) is 10.5 Å². The SMILES string of the molecule is CC[NH+]1CCC(OC(=O)Nc2ccccc2C)C1.O=C([O-])C(=O)O. The molecule has 1 aromatic rings. The number of quaternary nitrogens is 1. The highest BCUT2D eigenvalue weighted by molar-refractivity contribution is 6.26. The van der Waals surface area contributed by atoms with E-state index < -0.39 is 11.9 Å². The number of benzene rings is 1. The number of carbonyl (C=O) groups is 3. The Morgan fingerprint density at radius 2 is 2.00 bits per heavy atom. The Morgan fingerprint density at radius 1 is 1.38 bits per heavy atom. The van der Waals surface area contributed by atoms with Gasteiger partial charge >= 0.3 is 12.1 Å². The van der Waals surface area contributed by atoms with Gasteiger partial charge in [-0.2, -0.15) is 0 Å². The molecule has 2 rings (SSSR count). The highest BCUT2D eigenvalue weighted by atomic mass is 16.6. The number of carboxylic acids is 2. The molecule has 0 aromatic heterocycles. The van der Waals surface area contributed by atoms with Crippen LogP contribution in [0.3, 0.4) is 0 Å². The number of rotatable bonds is 3. The minimum atomic E-state index is -2.07. The standard InChI is InChI=1S/C14H20N2O2.C2H2O4/c1-3-16-9-8-12(10-16)18-14(17)15-13-7-5-4-6-11(13)2;3-1(4)2(5)6/h4-7,12H,3,8-10H2,1-2H3,(H,15,17);(H,3,4)(H,5,6). The molecule has 1 amide bonds. The first-order chi connectivity index (χ1) is 11.3. The Morgan fingerprint density at radius 3 is 2.50 bits per heavy atom. The van der Waals surface area contributed by atoms with Crippen LogP contribution in [0, 0.1) is 6.92 Å². The summed E-state index contributed by atoms with van der Waals surface area (Å²) in [5.41, 5.74) is 1.86. The molecule has 2 unspecified atom stereocenters. The molecule has 1 aromatic carbocycles. The average molecular weight is 338 g/mol. The zero-order valence-corrected chi connectivity index (χ0v) is 13.7. The molecule has 0 bridgehead atoms. The molecule has 1 heterocycles. The number of hydrogen-bond acceptors (Lipinski definition) is 5. The number of ether oxygens (including phenoxy) is 1. The molecule has 8 heteroatoms. The van der Waals surface area contributed by atoms with Crippen LogP contribution in [-0.2, 0) is 14.3 Å². The first-order valence-electron chi connectivity index (χ1n) is 7.64. The second-order valence-electron chi connectivity index (χ2n) is 5.41. The highest BCUT2D eigenvalue weighted by Gasteiger charge is 2.27. The van der Waals surface area contributed by atoms with Crippen molar-refractivity contribution in [3.63, 3.8) is 0 Å². The maximum absolute atomic E-state index is 11.8. The molecule has 1 aliphatic heterocycles. The van der Waals surface area contributed by atoms with Gasteiger partial charge in [-0.3, -0.25) is 5.32 Å². The van der Waals surface area contributed by atoms with Gasteiger partial charge in [0.25, 0.3) is 0 Å². The number of carboxylic acid groups (broad SMARTS) is 2. The Balaban J connectivity index is 0.000000413. The molecule has 8 nitrogen and oxygen atoms in total. The van der Waals surface area contributed by atoms with Crippen LogP contribution in [0.5, 0.6) is 0 Å². The zero-order chi connectivity index (χ0) is 18.1. The number of nitrogens with one attached hydrogen (secondary N) is 2. The fraction of sp³-hybridized carbons (Fsp3) is 0.438. The van der Waals surface area contributed by atoms with Gasteiger partial charge in [-0.25, -0.2) is 9.59 Å². The van der Waals surface area contributed by atoms with Crippen LogP contribution >= 0.6 is 0 Å². The normalized spacial score (nSPS) is 18.9. The number of anilines is 1. The van der Waals surface area contributed by atoms with Crippen molar-refractivity contribution in [2.24, 2.45) is 0 Å². The number of amides is 1. The molecule has 0 aliphatic carbocycles. The van der Waals surface area contributed by atoms with Crippen LogP contribution in [0.15, 0.2) is 24.3 Å². The van der Waals surface area contributed by atoms with Crippen molar-refractivity contribution in [3.05, 3.63) is 29.8 Å². The van der Waals surface area contributed by atoms with E-state index in [9.17, 15) is 4.79 Å². The van der Waals surface area contributed by atoms with Crippen molar-refractivity contribution < 1.29 is 34.2 Å². The summed E-state index contributed by atoms with van der Waals surface area (Å²) < 4.78 is 5.43. The summed E-state index contributed by atoms with van der Waals surface area (Å²) in [7, 11) is 0. The van der Waals surface area contributed by atoms with Crippen molar-refractivity contribution >= 4 is 23.7 Å². The first kappa shape index (κ1) is 19.4. The van der Waals surface area contributed by atoms with E-state index in [1.807, 2.05) is 31.2 Å². The Hall–Kier alpha value is -2.61. The molecule has 1 aliphatic rings. The smallest absolute Gasteiger partial charge is 0.412 e. The number of likely N-dealkylation sites (tertiary alicyclic amines) is 1. The van der Waals surface area contributed by atoms with Gasteiger partial charge in [0.2, 0.25) is 0 Å². The monoisotopic (exact) mass is 338 g/mol. The van der Waals surface area contributed by atoms with Gasteiger partial charge in [0.15, 0.2) is 12.1 Å². The predicted octanol–water partition coefficient (Wildman–Crippen LogP) is -0.958. The third-order valence-electron chi connectivity index (χ3n) is 3.67. The van der Waals surface area contributed by atoms with Crippen LogP contribution in [0.2, 0.25) is 0 Å². The molecule has 3 N–H and O–H groups in total. The minimum Gasteiger partial charge on any atom is -0.539 e. The molecule has 0 spiro atoms. The van der Waals surface area contributed by atoms with Crippen molar-refractivity contribution in [3.8, 4) is 0 Å². The van der Waals surface area contributed by atoms with Gasteiger partial charge in [0, 0.05) is 12.1 Å². The number of aliphatic carboxylic acids is 2. The van der Waals surface area contributed by atoms with Gasteiger partial charge in [-0.1, -0.05) is 18.2 Å². The summed E-state index contributed by atoms with van der Waals surface area (Å²) >= 11 is 0. The van der Waals surface area contributed by atoms with Crippen molar-refractivity contribution in [2.45, 2.75) is 26.4 Å². The van der Waals surface area contributed by atoms with Crippen molar-refractivity contribution in [1.29, 1.82) is 0 Å². The van der Waals surface area contributed by atoms with Crippen LogP contribution < -0.4 is 15.3 Å². The molecule has 1 saturated heterocycles. The molecule has 132 valence electrons. The fourth-order valence-corrected chi connectivity index (χ4v) is 2.32. The predicted molar refractivity (Wildman–Crippen MR) is 83.6 cm³/mol. The average Bonchev–Trinajstić information content (AvgIpc) is 2.97. The van der Waals surface area contributed by atoms with Crippen molar-refractivity contribution in [2.75, 3.05) is 25.0 Å². The number of hydrogen-bond donors (Lipinski definition) is 3. The molecule has 24 heavy (non-hydrogen) atoms. The molecule has 1 fully saturated rings. The van der Waals surface area contributed by atoms with E-state index in [0.717, 1.165) is 37.3 Å². The number of carbonyl (C=O) groups excluding carboxylic acids is 2. The second-order valence-corrected chi connectivity index (χ2v) is 5.41. The van der Waals surface area contributed by atoms with Gasteiger partial charge in [-0.05, 0) is 25.5 Å². The highest BCUT2D eigenvalue weighted by Crippen LogP contribution is 2.14. The summed E-state index contributed by atoms with van der Waals surface area (Å²) in [6.07, 6.45) is 0.681. The lowest BCUT2D eigenvalue weighted by molar-refractivity contribution is -0.886. The van der Waals surface area contributed by atoms with E-state index in [4.69, 9.17) is 24.5 Å².